The molecule has 2 aromatic rings. The Morgan fingerprint density at radius 2 is 1.95 bits per heavy atom. The van der Waals surface area contributed by atoms with Gasteiger partial charge in [0, 0.05) is 11.5 Å². The third-order valence-corrected chi connectivity index (χ3v) is 4.58. The van der Waals surface area contributed by atoms with Crippen LogP contribution in [0.15, 0.2) is 24.3 Å². The molecule has 1 fully saturated rings. The number of hydrogen-bond donors (Lipinski definition) is 0. The zero-order chi connectivity index (χ0) is 13.0. The Balaban J connectivity index is 1.83. The lowest BCUT2D eigenvalue weighted by atomic mass is 9.94. The monoisotopic (exact) mass is 254 g/mol. The van der Waals surface area contributed by atoms with Gasteiger partial charge in [-0.05, 0) is 67.5 Å². The zero-order valence-electron chi connectivity index (χ0n) is 10.9. The van der Waals surface area contributed by atoms with Gasteiger partial charge in [-0.2, -0.15) is 10.2 Å². The summed E-state index contributed by atoms with van der Waals surface area (Å²) in [6.07, 6.45) is 3.79. The van der Waals surface area contributed by atoms with Crippen molar-refractivity contribution in [1.82, 2.24) is 10.2 Å². The smallest absolute Gasteiger partial charge is 0.123 e. The molecule has 4 rings (SSSR count). The second kappa shape index (κ2) is 3.86. The van der Waals surface area contributed by atoms with Crippen LogP contribution in [0.5, 0.6) is 0 Å². The number of rotatable bonds is 1. The third kappa shape index (κ3) is 1.61. The van der Waals surface area contributed by atoms with E-state index in [4.69, 9.17) is 0 Å². The summed E-state index contributed by atoms with van der Waals surface area (Å²) in [6.45, 7) is 1.92. The molecule has 0 spiro atoms. The lowest BCUT2D eigenvalue weighted by molar-refractivity contribution is 0.627. The first kappa shape index (κ1) is 11.1. The molecule has 0 aliphatic heterocycles. The summed E-state index contributed by atoms with van der Waals surface area (Å²) in [6, 6.07) is 7.01. The predicted molar refractivity (Wildman–Crippen MR) is 71.5 cm³/mol. The maximum Gasteiger partial charge on any atom is 0.123 e. The average Bonchev–Trinajstić information content (AvgIpc) is 3.00. The van der Waals surface area contributed by atoms with Crippen molar-refractivity contribution < 1.29 is 4.39 Å². The SMILES string of the molecule is Cc1cc(F)ccc1-c1cc2c(nn1)C1CCC2C1. The van der Waals surface area contributed by atoms with Crippen LogP contribution in [0.2, 0.25) is 0 Å². The molecule has 96 valence electrons. The molecular weight excluding hydrogens is 239 g/mol. The van der Waals surface area contributed by atoms with Crippen LogP contribution in [0.1, 0.15) is 47.9 Å². The van der Waals surface area contributed by atoms with Crippen LogP contribution in [0.25, 0.3) is 11.3 Å². The summed E-state index contributed by atoms with van der Waals surface area (Å²) in [5.41, 5.74) is 5.37. The van der Waals surface area contributed by atoms with Gasteiger partial charge in [0.05, 0.1) is 11.4 Å². The number of aromatic nitrogens is 2. The van der Waals surface area contributed by atoms with Gasteiger partial charge in [-0.3, -0.25) is 0 Å². The van der Waals surface area contributed by atoms with E-state index in [-0.39, 0.29) is 5.82 Å². The minimum absolute atomic E-state index is 0.200. The predicted octanol–water partition coefficient (Wildman–Crippen LogP) is 3.96. The Kier molecular flexibility index (Phi) is 2.25. The van der Waals surface area contributed by atoms with Gasteiger partial charge in [0.2, 0.25) is 0 Å². The second-order valence-electron chi connectivity index (χ2n) is 5.74. The molecular formula is C16H15FN2. The molecule has 1 aromatic heterocycles. The molecule has 2 aliphatic rings. The summed E-state index contributed by atoms with van der Waals surface area (Å²) in [5.74, 6) is 1.11. The van der Waals surface area contributed by atoms with E-state index in [1.165, 1.54) is 36.6 Å². The topological polar surface area (TPSA) is 25.8 Å². The molecule has 2 atom stereocenters. The quantitative estimate of drug-likeness (QED) is 0.770. The molecule has 2 unspecified atom stereocenters. The van der Waals surface area contributed by atoms with Crippen LogP contribution in [-0.2, 0) is 0 Å². The molecule has 0 saturated heterocycles. The molecule has 19 heavy (non-hydrogen) atoms. The molecule has 2 nitrogen and oxygen atoms in total. The van der Waals surface area contributed by atoms with Crippen LogP contribution in [0.4, 0.5) is 4.39 Å². The van der Waals surface area contributed by atoms with E-state index < -0.39 is 0 Å². The van der Waals surface area contributed by atoms with Crippen LogP contribution in [0.3, 0.4) is 0 Å². The fourth-order valence-electron chi connectivity index (χ4n) is 3.62. The van der Waals surface area contributed by atoms with E-state index in [2.05, 4.69) is 16.3 Å². The van der Waals surface area contributed by atoms with Gasteiger partial charge in [-0.15, -0.1) is 0 Å². The zero-order valence-corrected chi connectivity index (χ0v) is 10.9. The maximum absolute atomic E-state index is 13.2. The van der Waals surface area contributed by atoms with Crippen molar-refractivity contribution in [1.29, 1.82) is 0 Å². The molecule has 0 N–H and O–H groups in total. The molecule has 2 aliphatic carbocycles. The Hall–Kier alpha value is -1.77. The average molecular weight is 254 g/mol. The van der Waals surface area contributed by atoms with Crippen molar-refractivity contribution in [3.05, 3.63) is 46.9 Å². The minimum Gasteiger partial charge on any atom is -0.207 e. The van der Waals surface area contributed by atoms with Crippen LogP contribution in [0, 0.1) is 12.7 Å². The fraction of sp³-hybridized carbons (Fsp3) is 0.375. The summed E-state index contributed by atoms with van der Waals surface area (Å²) in [4.78, 5) is 0. The molecule has 1 saturated carbocycles. The highest BCUT2D eigenvalue weighted by atomic mass is 19.1. The fourth-order valence-corrected chi connectivity index (χ4v) is 3.62. The largest absolute Gasteiger partial charge is 0.207 e. The summed E-state index contributed by atoms with van der Waals surface area (Å²) in [5, 5.41) is 8.80. The summed E-state index contributed by atoms with van der Waals surface area (Å²) in [7, 11) is 0. The van der Waals surface area contributed by atoms with Crippen LogP contribution < -0.4 is 0 Å². The van der Waals surface area contributed by atoms with Gasteiger partial charge in [0.25, 0.3) is 0 Å². The van der Waals surface area contributed by atoms with E-state index in [0.29, 0.717) is 11.8 Å². The number of nitrogens with zero attached hydrogens (tertiary/aromatic N) is 2. The molecule has 1 heterocycles. The number of benzene rings is 1. The van der Waals surface area contributed by atoms with Gasteiger partial charge >= 0.3 is 0 Å². The standard InChI is InChI=1S/C16H15FN2/c1-9-6-12(17)4-5-13(9)15-8-14-10-2-3-11(7-10)16(14)19-18-15/h4-6,8,10-11H,2-3,7H2,1H3. The molecule has 0 radical (unpaired) electrons. The van der Waals surface area contributed by atoms with Crippen molar-refractivity contribution in [2.45, 2.75) is 38.0 Å². The third-order valence-electron chi connectivity index (χ3n) is 4.58. The maximum atomic E-state index is 13.2. The van der Waals surface area contributed by atoms with Gasteiger partial charge in [0.15, 0.2) is 0 Å². The van der Waals surface area contributed by atoms with Gasteiger partial charge in [0.1, 0.15) is 5.82 Å². The number of hydrogen-bond acceptors (Lipinski definition) is 2. The summed E-state index contributed by atoms with van der Waals surface area (Å²) < 4.78 is 13.2. The first-order valence-corrected chi connectivity index (χ1v) is 6.86. The van der Waals surface area contributed by atoms with Crippen molar-refractivity contribution in [2.24, 2.45) is 0 Å². The first-order chi connectivity index (χ1) is 9.22. The minimum atomic E-state index is -0.200. The Bertz CT molecular complexity index is 666. The molecule has 2 bridgehead atoms. The van der Waals surface area contributed by atoms with E-state index in [1.807, 2.05) is 6.92 Å². The highest BCUT2D eigenvalue weighted by Crippen LogP contribution is 2.52. The van der Waals surface area contributed by atoms with Crippen molar-refractivity contribution in [2.75, 3.05) is 0 Å². The number of halogens is 1. The molecule has 3 heteroatoms. The van der Waals surface area contributed by atoms with Crippen LogP contribution in [-0.4, -0.2) is 10.2 Å². The van der Waals surface area contributed by atoms with Gasteiger partial charge < -0.3 is 0 Å². The first-order valence-electron chi connectivity index (χ1n) is 6.86. The number of aryl methyl sites for hydroxylation is 1. The van der Waals surface area contributed by atoms with Gasteiger partial charge in [-0.25, -0.2) is 4.39 Å². The van der Waals surface area contributed by atoms with Gasteiger partial charge in [-0.1, -0.05) is 0 Å². The lowest BCUT2D eigenvalue weighted by Crippen LogP contribution is -2.04. The highest BCUT2D eigenvalue weighted by molar-refractivity contribution is 5.64. The Labute approximate surface area is 111 Å². The normalized spacial score (nSPS) is 23.7. The second-order valence-corrected chi connectivity index (χ2v) is 5.74. The summed E-state index contributed by atoms with van der Waals surface area (Å²) >= 11 is 0. The molecule has 1 aromatic carbocycles. The Morgan fingerprint density at radius 3 is 2.79 bits per heavy atom. The van der Waals surface area contributed by atoms with Crippen LogP contribution >= 0.6 is 0 Å². The number of fused-ring (bicyclic) bond motifs is 5. The Morgan fingerprint density at radius 1 is 1.11 bits per heavy atom. The van der Waals surface area contributed by atoms with Crippen molar-refractivity contribution in [3.63, 3.8) is 0 Å². The lowest BCUT2D eigenvalue weighted by Gasteiger charge is -2.14. The molecule has 0 amide bonds. The van der Waals surface area contributed by atoms with Crippen molar-refractivity contribution >= 4 is 0 Å². The highest BCUT2D eigenvalue weighted by Gasteiger charge is 2.38. The van der Waals surface area contributed by atoms with Crippen molar-refractivity contribution in [3.8, 4) is 11.3 Å². The van der Waals surface area contributed by atoms with E-state index in [0.717, 1.165) is 16.8 Å². The van der Waals surface area contributed by atoms with E-state index in [9.17, 15) is 4.39 Å². The van der Waals surface area contributed by atoms with E-state index >= 15 is 0 Å². The van der Waals surface area contributed by atoms with E-state index in [1.54, 1.807) is 12.1 Å².